The number of rotatable bonds is 7. The second-order valence-electron chi connectivity index (χ2n) is 5.56. The normalized spacial score (nSPS) is 12.6. The van der Waals surface area contributed by atoms with E-state index in [2.05, 4.69) is 53.0 Å². The molecule has 20 heavy (non-hydrogen) atoms. The van der Waals surface area contributed by atoms with Gasteiger partial charge >= 0.3 is 0 Å². The Bertz CT molecular complexity index is 505. The van der Waals surface area contributed by atoms with E-state index < -0.39 is 0 Å². The minimum absolute atomic E-state index is 0.507. The molecule has 0 saturated heterocycles. The molecule has 0 aliphatic heterocycles. The highest BCUT2D eigenvalue weighted by molar-refractivity contribution is 5.45. The van der Waals surface area contributed by atoms with Crippen molar-refractivity contribution < 1.29 is 0 Å². The molecule has 1 unspecified atom stereocenters. The lowest BCUT2D eigenvalue weighted by atomic mass is 9.96. The number of aromatic nitrogens is 2. The maximum Gasteiger partial charge on any atom is 0.0949 e. The Balaban J connectivity index is 1.95. The molecule has 4 heteroatoms. The van der Waals surface area contributed by atoms with Crippen molar-refractivity contribution in [2.24, 2.45) is 17.6 Å². The summed E-state index contributed by atoms with van der Waals surface area (Å²) in [5.74, 6) is 1.11. The molecule has 0 aliphatic rings. The summed E-state index contributed by atoms with van der Waals surface area (Å²) < 4.78 is 2.07. The van der Waals surface area contributed by atoms with E-state index in [1.807, 2.05) is 12.5 Å². The summed E-state index contributed by atoms with van der Waals surface area (Å²) in [6.07, 6.45) is 5.61. The monoisotopic (exact) mass is 272 g/mol. The molecule has 1 atom stereocenters. The van der Waals surface area contributed by atoms with Crippen molar-refractivity contribution in [2.45, 2.75) is 20.4 Å². The molecule has 0 amide bonds. The zero-order valence-electron chi connectivity index (χ0n) is 12.3. The van der Waals surface area contributed by atoms with Gasteiger partial charge in [-0.3, -0.25) is 0 Å². The predicted molar refractivity (Wildman–Crippen MR) is 83.6 cm³/mol. The lowest BCUT2D eigenvalue weighted by Gasteiger charge is -2.20. The molecule has 0 fully saturated rings. The van der Waals surface area contributed by atoms with Gasteiger partial charge in [-0.2, -0.15) is 0 Å². The summed E-state index contributed by atoms with van der Waals surface area (Å²) in [6.45, 7) is 6.92. The van der Waals surface area contributed by atoms with Crippen LogP contribution < -0.4 is 11.1 Å². The molecule has 3 N–H and O–H groups in total. The molecular formula is C16H24N4. The van der Waals surface area contributed by atoms with E-state index in [0.717, 1.165) is 25.3 Å². The van der Waals surface area contributed by atoms with E-state index in [0.29, 0.717) is 11.8 Å². The van der Waals surface area contributed by atoms with Crippen molar-refractivity contribution in [1.29, 1.82) is 0 Å². The van der Waals surface area contributed by atoms with Crippen LogP contribution in [0, 0.1) is 11.8 Å². The quantitative estimate of drug-likeness (QED) is 0.814. The maximum absolute atomic E-state index is 5.81. The van der Waals surface area contributed by atoms with Crippen LogP contribution in [0.15, 0.2) is 43.0 Å². The number of nitrogens with two attached hydrogens (primary N) is 1. The van der Waals surface area contributed by atoms with Gasteiger partial charge in [-0.1, -0.05) is 26.0 Å². The fourth-order valence-electron chi connectivity index (χ4n) is 2.21. The van der Waals surface area contributed by atoms with Crippen LogP contribution in [-0.2, 0) is 6.54 Å². The molecule has 0 aliphatic carbocycles. The first-order chi connectivity index (χ1) is 9.69. The van der Waals surface area contributed by atoms with Crippen LogP contribution >= 0.6 is 0 Å². The zero-order chi connectivity index (χ0) is 14.4. The molecule has 2 rings (SSSR count). The van der Waals surface area contributed by atoms with E-state index in [9.17, 15) is 0 Å². The van der Waals surface area contributed by atoms with Crippen LogP contribution in [0.2, 0.25) is 0 Å². The van der Waals surface area contributed by atoms with Crippen molar-refractivity contribution in [3.8, 4) is 0 Å². The largest absolute Gasteiger partial charge is 0.385 e. The van der Waals surface area contributed by atoms with E-state index in [4.69, 9.17) is 5.73 Å². The summed E-state index contributed by atoms with van der Waals surface area (Å²) in [5, 5.41) is 3.49. The zero-order valence-corrected chi connectivity index (χ0v) is 12.3. The van der Waals surface area contributed by atoms with Crippen LogP contribution in [0.25, 0.3) is 0 Å². The molecule has 0 radical (unpaired) electrons. The molecular weight excluding hydrogens is 248 g/mol. The summed E-state index contributed by atoms with van der Waals surface area (Å²) in [7, 11) is 0. The third kappa shape index (κ3) is 4.10. The Labute approximate surface area is 121 Å². The van der Waals surface area contributed by atoms with Gasteiger partial charge in [-0.25, -0.2) is 4.98 Å². The summed E-state index contributed by atoms with van der Waals surface area (Å²) >= 11 is 0. The van der Waals surface area contributed by atoms with Gasteiger partial charge in [0.1, 0.15) is 0 Å². The Morgan fingerprint density at radius 2 is 2.20 bits per heavy atom. The second kappa shape index (κ2) is 7.10. The first kappa shape index (κ1) is 14.6. The van der Waals surface area contributed by atoms with Crippen molar-refractivity contribution in [3.63, 3.8) is 0 Å². The molecule has 0 saturated carbocycles. The van der Waals surface area contributed by atoms with Gasteiger partial charge in [0, 0.05) is 31.2 Å². The smallest absolute Gasteiger partial charge is 0.0949 e. The molecule has 108 valence electrons. The van der Waals surface area contributed by atoms with E-state index in [-0.39, 0.29) is 0 Å². The van der Waals surface area contributed by atoms with E-state index in [1.165, 1.54) is 5.56 Å². The minimum Gasteiger partial charge on any atom is -0.385 e. The highest BCUT2D eigenvalue weighted by Crippen LogP contribution is 2.15. The number of hydrogen-bond acceptors (Lipinski definition) is 3. The number of nitrogens with one attached hydrogen (secondary N) is 1. The molecule has 0 spiro atoms. The predicted octanol–water partition coefficient (Wildman–Crippen LogP) is 2.57. The highest BCUT2D eigenvalue weighted by Gasteiger charge is 2.10. The van der Waals surface area contributed by atoms with Crippen LogP contribution in [0.5, 0.6) is 0 Å². The molecule has 1 heterocycles. The molecule has 2 aromatic rings. The molecule has 0 bridgehead atoms. The Morgan fingerprint density at radius 3 is 2.85 bits per heavy atom. The van der Waals surface area contributed by atoms with Gasteiger partial charge in [-0.05, 0) is 36.1 Å². The Morgan fingerprint density at radius 1 is 1.35 bits per heavy atom. The van der Waals surface area contributed by atoms with Gasteiger partial charge in [0.05, 0.1) is 6.33 Å². The summed E-state index contributed by atoms with van der Waals surface area (Å²) in [4.78, 5) is 4.06. The number of nitrogens with zero attached hydrogens (tertiary/aromatic N) is 2. The van der Waals surface area contributed by atoms with Crippen molar-refractivity contribution in [3.05, 3.63) is 48.5 Å². The summed E-state index contributed by atoms with van der Waals surface area (Å²) in [5.41, 5.74) is 8.23. The maximum atomic E-state index is 5.81. The number of benzene rings is 1. The Kier molecular flexibility index (Phi) is 5.18. The number of anilines is 1. The number of hydrogen-bond donors (Lipinski definition) is 2. The van der Waals surface area contributed by atoms with Crippen LogP contribution in [-0.4, -0.2) is 22.6 Å². The third-order valence-electron chi connectivity index (χ3n) is 3.67. The average molecular weight is 272 g/mol. The number of imidazole rings is 1. The van der Waals surface area contributed by atoms with Crippen molar-refractivity contribution in [1.82, 2.24) is 9.55 Å². The van der Waals surface area contributed by atoms with Gasteiger partial charge < -0.3 is 15.6 Å². The van der Waals surface area contributed by atoms with Gasteiger partial charge in [0.2, 0.25) is 0 Å². The van der Waals surface area contributed by atoms with Crippen LogP contribution in [0.1, 0.15) is 19.4 Å². The highest BCUT2D eigenvalue weighted by atomic mass is 15.0. The van der Waals surface area contributed by atoms with Gasteiger partial charge in [0.15, 0.2) is 0 Å². The second-order valence-corrected chi connectivity index (χ2v) is 5.56. The van der Waals surface area contributed by atoms with Gasteiger partial charge in [-0.15, -0.1) is 0 Å². The lowest BCUT2D eigenvalue weighted by molar-refractivity contribution is 0.413. The standard InChI is InChI=1S/C16H24N4/c1-13(2)15(9-17)10-19-16-5-3-4-14(8-16)11-20-7-6-18-12-20/h3-8,12-13,15,19H,9-11,17H2,1-2H3. The minimum atomic E-state index is 0.507. The average Bonchev–Trinajstić information content (AvgIpc) is 2.92. The molecule has 1 aromatic carbocycles. The van der Waals surface area contributed by atoms with Crippen LogP contribution in [0.3, 0.4) is 0 Å². The molecule has 1 aromatic heterocycles. The van der Waals surface area contributed by atoms with Gasteiger partial charge in [0.25, 0.3) is 0 Å². The van der Waals surface area contributed by atoms with E-state index >= 15 is 0 Å². The third-order valence-corrected chi connectivity index (χ3v) is 3.67. The van der Waals surface area contributed by atoms with E-state index in [1.54, 1.807) is 6.20 Å². The fourth-order valence-corrected chi connectivity index (χ4v) is 2.21. The fraction of sp³-hybridized carbons (Fsp3) is 0.438. The summed E-state index contributed by atoms with van der Waals surface area (Å²) in [6, 6.07) is 8.51. The van der Waals surface area contributed by atoms with Crippen LogP contribution in [0.4, 0.5) is 5.69 Å². The SMILES string of the molecule is CC(C)C(CN)CNc1cccc(Cn2ccnc2)c1. The lowest BCUT2D eigenvalue weighted by Crippen LogP contribution is -2.27. The topological polar surface area (TPSA) is 55.9 Å². The first-order valence-electron chi connectivity index (χ1n) is 7.17. The Hall–Kier alpha value is -1.81. The van der Waals surface area contributed by atoms with Crippen molar-refractivity contribution >= 4 is 5.69 Å². The first-order valence-corrected chi connectivity index (χ1v) is 7.17. The van der Waals surface area contributed by atoms with Crippen molar-refractivity contribution in [2.75, 3.05) is 18.4 Å². The molecule has 4 nitrogen and oxygen atoms in total.